The highest BCUT2D eigenvalue weighted by molar-refractivity contribution is 7.26. The summed E-state index contributed by atoms with van der Waals surface area (Å²) >= 11 is 1.78. The Hall–Kier alpha value is -5.85. The molecule has 5 nitrogen and oxygen atoms in total. The molecular formula is C39H23N5S. The number of benzene rings is 5. The van der Waals surface area contributed by atoms with Crippen LogP contribution < -0.4 is 0 Å². The normalized spacial score (nSPS) is 11.6. The topological polar surface area (TPSA) is 64.5 Å². The van der Waals surface area contributed by atoms with E-state index in [1.54, 1.807) is 11.3 Å². The van der Waals surface area contributed by atoms with Crippen molar-refractivity contribution in [3.8, 4) is 45.4 Å². The van der Waals surface area contributed by atoms with Gasteiger partial charge in [0, 0.05) is 59.4 Å². The second kappa shape index (κ2) is 10.4. The first-order valence-electron chi connectivity index (χ1n) is 14.8. The van der Waals surface area contributed by atoms with Crippen LogP contribution in [-0.2, 0) is 0 Å². The Labute approximate surface area is 262 Å². The highest BCUT2D eigenvalue weighted by atomic mass is 32.1. The average Bonchev–Trinajstić information content (AvgIpc) is 3.51. The third-order valence-electron chi connectivity index (χ3n) is 8.17. The van der Waals surface area contributed by atoms with E-state index in [9.17, 15) is 0 Å². The molecule has 0 saturated heterocycles. The Morgan fingerprint density at radius 1 is 0.400 bits per heavy atom. The first kappa shape index (κ1) is 25.6. The minimum Gasteiger partial charge on any atom is -0.254 e. The van der Waals surface area contributed by atoms with Gasteiger partial charge in [-0.2, -0.15) is 0 Å². The number of hydrogen-bond donors (Lipinski definition) is 0. The SMILES string of the molecule is c1ccc(-c2nc(-c3ccccc3)nc(-c3cccc4sc5cccc(-c6ccc7ccc8cccnc8c7n6)c5c34)n2)cc1. The molecule has 4 aromatic heterocycles. The molecule has 9 rings (SSSR count). The van der Waals surface area contributed by atoms with Crippen molar-refractivity contribution in [1.82, 2.24) is 24.9 Å². The number of nitrogens with zero attached hydrogens (tertiary/aromatic N) is 5. The Morgan fingerprint density at radius 3 is 1.67 bits per heavy atom. The maximum absolute atomic E-state index is 5.22. The zero-order valence-corrected chi connectivity index (χ0v) is 24.7. The smallest absolute Gasteiger partial charge is 0.164 e. The molecule has 210 valence electrons. The van der Waals surface area contributed by atoms with Crippen molar-refractivity contribution in [3.63, 3.8) is 0 Å². The van der Waals surface area contributed by atoms with Crippen LogP contribution in [0.4, 0.5) is 0 Å². The van der Waals surface area contributed by atoms with Crippen molar-refractivity contribution < 1.29 is 0 Å². The molecule has 6 heteroatoms. The lowest BCUT2D eigenvalue weighted by molar-refractivity contribution is 1.08. The van der Waals surface area contributed by atoms with E-state index in [1.807, 2.05) is 72.9 Å². The Kier molecular flexibility index (Phi) is 5.92. The van der Waals surface area contributed by atoms with Crippen LogP contribution >= 0.6 is 11.3 Å². The molecule has 0 atom stereocenters. The van der Waals surface area contributed by atoms with Gasteiger partial charge in [-0.15, -0.1) is 11.3 Å². The fraction of sp³-hybridized carbons (Fsp3) is 0. The maximum Gasteiger partial charge on any atom is 0.164 e. The van der Waals surface area contributed by atoms with E-state index in [0.717, 1.165) is 60.5 Å². The van der Waals surface area contributed by atoms with Gasteiger partial charge in [0.15, 0.2) is 17.5 Å². The molecule has 0 N–H and O–H groups in total. The van der Waals surface area contributed by atoms with Crippen molar-refractivity contribution in [2.45, 2.75) is 0 Å². The van der Waals surface area contributed by atoms with Crippen molar-refractivity contribution in [2.24, 2.45) is 0 Å². The van der Waals surface area contributed by atoms with Crippen LogP contribution in [0.5, 0.6) is 0 Å². The lowest BCUT2D eigenvalue weighted by Gasteiger charge is -2.11. The minimum absolute atomic E-state index is 0.643. The molecule has 5 aromatic carbocycles. The van der Waals surface area contributed by atoms with Gasteiger partial charge in [-0.05, 0) is 24.3 Å². The molecule has 0 unspecified atom stereocenters. The second-order valence-corrected chi connectivity index (χ2v) is 12.0. The van der Waals surface area contributed by atoms with E-state index in [4.69, 9.17) is 19.9 Å². The van der Waals surface area contributed by atoms with Gasteiger partial charge in [0.1, 0.15) is 0 Å². The summed E-state index contributed by atoms with van der Waals surface area (Å²) in [4.78, 5) is 25.0. The quantitative estimate of drug-likeness (QED) is 0.190. The zero-order chi connectivity index (χ0) is 29.7. The molecule has 0 aliphatic carbocycles. The molecule has 45 heavy (non-hydrogen) atoms. The molecule has 0 saturated carbocycles. The summed E-state index contributed by atoms with van der Waals surface area (Å²) in [5.74, 6) is 1.93. The second-order valence-electron chi connectivity index (χ2n) is 10.9. The Balaban J connectivity index is 1.32. The van der Waals surface area contributed by atoms with Crippen LogP contribution in [0.3, 0.4) is 0 Å². The highest BCUT2D eigenvalue weighted by Crippen LogP contribution is 2.44. The predicted molar refractivity (Wildman–Crippen MR) is 185 cm³/mol. The van der Waals surface area contributed by atoms with E-state index < -0.39 is 0 Å². The molecule has 0 fully saturated rings. The van der Waals surface area contributed by atoms with Gasteiger partial charge in [0.25, 0.3) is 0 Å². The first-order chi connectivity index (χ1) is 22.3. The Bertz CT molecular complexity index is 2480. The van der Waals surface area contributed by atoms with Crippen molar-refractivity contribution in [3.05, 3.63) is 140 Å². The van der Waals surface area contributed by atoms with Crippen LogP contribution in [0.2, 0.25) is 0 Å². The zero-order valence-electron chi connectivity index (χ0n) is 23.9. The molecule has 0 radical (unpaired) electrons. The maximum atomic E-state index is 5.22. The summed E-state index contributed by atoms with van der Waals surface area (Å²) in [5.41, 5.74) is 6.65. The standard InChI is InChI=1S/C39H23N5S/c1-3-10-26(11-4-1)37-42-38(27-12-5-2-6-13-27)44-39(43-37)29-16-8-18-32-34(29)33-28(15-7-17-31(33)45-32)30-22-21-25-20-19-24-14-9-23-40-35(24)36(25)41-30/h1-23H. The molecule has 9 aromatic rings. The van der Waals surface area contributed by atoms with Crippen LogP contribution in [-0.4, -0.2) is 24.9 Å². The van der Waals surface area contributed by atoms with E-state index in [-0.39, 0.29) is 0 Å². The van der Waals surface area contributed by atoms with Crippen molar-refractivity contribution in [1.29, 1.82) is 0 Å². The van der Waals surface area contributed by atoms with Crippen LogP contribution in [0, 0.1) is 0 Å². The number of fused-ring (bicyclic) bond motifs is 6. The molecule has 0 amide bonds. The van der Waals surface area contributed by atoms with E-state index in [2.05, 4.69) is 71.7 Å². The molecular weight excluding hydrogens is 571 g/mol. The Morgan fingerprint density at radius 2 is 0.978 bits per heavy atom. The minimum atomic E-state index is 0.643. The largest absolute Gasteiger partial charge is 0.254 e. The van der Waals surface area contributed by atoms with E-state index >= 15 is 0 Å². The van der Waals surface area contributed by atoms with Gasteiger partial charge in [-0.25, -0.2) is 19.9 Å². The molecule has 0 bridgehead atoms. The first-order valence-corrected chi connectivity index (χ1v) is 15.6. The predicted octanol–water partition coefficient (Wildman–Crippen LogP) is 10.0. The van der Waals surface area contributed by atoms with Gasteiger partial charge in [0.05, 0.1) is 16.7 Å². The summed E-state index contributed by atoms with van der Waals surface area (Å²) in [6.45, 7) is 0. The average molecular weight is 594 g/mol. The van der Waals surface area contributed by atoms with Crippen molar-refractivity contribution >= 4 is 53.3 Å². The fourth-order valence-corrected chi connectivity index (χ4v) is 7.23. The molecule has 0 aliphatic heterocycles. The van der Waals surface area contributed by atoms with Crippen LogP contribution in [0.1, 0.15) is 0 Å². The molecule has 0 spiro atoms. The molecule has 4 heterocycles. The van der Waals surface area contributed by atoms with Gasteiger partial charge in [0.2, 0.25) is 0 Å². The third-order valence-corrected chi connectivity index (χ3v) is 9.29. The van der Waals surface area contributed by atoms with Crippen LogP contribution in [0.15, 0.2) is 140 Å². The van der Waals surface area contributed by atoms with Crippen molar-refractivity contribution in [2.75, 3.05) is 0 Å². The summed E-state index contributed by atoms with van der Waals surface area (Å²) in [5, 5.41) is 4.42. The summed E-state index contributed by atoms with van der Waals surface area (Å²) in [6, 6.07) is 45.6. The van der Waals surface area contributed by atoms with E-state index in [1.165, 1.54) is 9.40 Å². The lowest BCUT2D eigenvalue weighted by Crippen LogP contribution is -2.00. The number of aromatic nitrogens is 5. The third kappa shape index (κ3) is 4.34. The number of pyridine rings is 2. The molecule has 0 aliphatic rings. The number of hydrogen-bond acceptors (Lipinski definition) is 6. The van der Waals surface area contributed by atoms with Gasteiger partial charge in [-0.3, -0.25) is 4.98 Å². The highest BCUT2D eigenvalue weighted by Gasteiger charge is 2.19. The number of thiophene rings is 1. The van der Waals surface area contributed by atoms with Gasteiger partial charge in [-0.1, -0.05) is 109 Å². The van der Waals surface area contributed by atoms with Gasteiger partial charge < -0.3 is 0 Å². The summed E-state index contributed by atoms with van der Waals surface area (Å²) in [6.07, 6.45) is 1.83. The number of rotatable bonds is 4. The summed E-state index contributed by atoms with van der Waals surface area (Å²) < 4.78 is 2.36. The monoisotopic (exact) mass is 593 g/mol. The van der Waals surface area contributed by atoms with E-state index in [0.29, 0.717) is 17.5 Å². The van der Waals surface area contributed by atoms with Gasteiger partial charge >= 0.3 is 0 Å². The van der Waals surface area contributed by atoms with Crippen LogP contribution in [0.25, 0.3) is 87.4 Å². The lowest BCUT2D eigenvalue weighted by atomic mass is 9.99. The summed E-state index contributed by atoms with van der Waals surface area (Å²) in [7, 11) is 0. The fourth-order valence-electron chi connectivity index (χ4n) is 6.07.